The Morgan fingerprint density at radius 2 is 1.96 bits per heavy atom. The monoisotopic (exact) mass is 375 g/mol. The van der Waals surface area contributed by atoms with Gasteiger partial charge in [-0.25, -0.2) is 9.97 Å². The fraction of sp³-hybridized carbons (Fsp3) is 0.409. The molecule has 0 bridgehead atoms. The van der Waals surface area contributed by atoms with Gasteiger partial charge in [0, 0.05) is 53.1 Å². The third kappa shape index (κ3) is 3.23. The zero-order valence-corrected chi connectivity index (χ0v) is 15.9. The Hall–Kier alpha value is -2.89. The predicted octanol–water partition coefficient (Wildman–Crippen LogP) is 3.24. The van der Waals surface area contributed by atoms with Gasteiger partial charge in [-0.2, -0.15) is 0 Å². The van der Waals surface area contributed by atoms with E-state index in [4.69, 9.17) is 0 Å². The van der Waals surface area contributed by atoms with E-state index in [9.17, 15) is 4.79 Å². The molecule has 3 aromatic rings. The average Bonchev–Trinajstić information content (AvgIpc) is 3.22. The van der Waals surface area contributed by atoms with Crippen LogP contribution in [0, 0.1) is 0 Å². The van der Waals surface area contributed by atoms with E-state index < -0.39 is 0 Å². The summed E-state index contributed by atoms with van der Waals surface area (Å²) in [4.78, 5) is 27.3. The van der Waals surface area contributed by atoms with Gasteiger partial charge >= 0.3 is 0 Å². The Morgan fingerprint density at radius 3 is 2.86 bits per heavy atom. The molecular formula is C22H25N5O. The van der Waals surface area contributed by atoms with Gasteiger partial charge in [0.25, 0.3) is 5.91 Å². The molecule has 0 spiro atoms. The molecule has 28 heavy (non-hydrogen) atoms. The molecule has 0 unspecified atom stereocenters. The van der Waals surface area contributed by atoms with E-state index in [0.717, 1.165) is 61.1 Å². The standard InChI is InChI=1S/C22H25N5O/c28-22(16-5-6-19-15(13-16)7-10-23-19)26-17-8-11-27(12-9-17)21-18-3-1-2-4-20(18)24-14-25-21/h5-7,10,13-14,17,23H,1-4,8-9,11-12H2,(H,26,28). The first kappa shape index (κ1) is 17.2. The van der Waals surface area contributed by atoms with Crippen molar-refractivity contribution in [3.63, 3.8) is 0 Å². The van der Waals surface area contributed by atoms with E-state index in [1.54, 1.807) is 6.33 Å². The van der Waals surface area contributed by atoms with E-state index >= 15 is 0 Å². The number of fused-ring (bicyclic) bond motifs is 2. The van der Waals surface area contributed by atoms with Gasteiger partial charge in [-0.3, -0.25) is 4.79 Å². The van der Waals surface area contributed by atoms with Crippen LogP contribution >= 0.6 is 0 Å². The molecule has 0 saturated carbocycles. The van der Waals surface area contributed by atoms with Gasteiger partial charge in [0.2, 0.25) is 0 Å². The SMILES string of the molecule is O=C(NC1CCN(c2ncnc3c2CCCC3)CC1)c1ccc2[nH]ccc2c1. The lowest BCUT2D eigenvalue weighted by atomic mass is 9.95. The van der Waals surface area contributed by atoms with Crippen LogP contribution < -0.4 is 10.2 Å². The van der Waals surface area contributed by atoms with Crippen molar-refractivity contribution < 1.29 is 4.79 Å². The number of nitrogens with one attached hydrogen (secondary N) is 2. The first-order valence-electron chi connectivity index (χ1n) is 10.2. The van der Waals surface area contributed by atoms with Crippen LogP contribution in [0.5, 0.6) is 0 Å². The molecule has 5 rings (SSSR count). The molecule has 1 aliphatic heterocycles. The number of aryl methyl sites for hydroxylation is 1. The summed E-state index contributed by atoms with van der Waals surface area (Å²) in [6.07, 6.45) is 10.1. The molecule has 1 aliphatic carbocycles. The van der Waals surface area contributed by atoms with Crippen molar-refractivity contribution in [3.05, 3.63) is 53.6 Å². The number of rotatable bonds is 3. The van der Waals surface area contributed by atoms with E-state index in [1.807, 2.05) is 30.5 Å². The Morgan fingerprint density at radius 1 is 1.11 bits per heavy atom. The fourth-order valence-electron chi connectivity index (χ4n) is 4.48. The molecule has 6 heteroatoms. The van der Waals surface area contributed by atoms with E-state index in [2.05, 4.69) is 25.2 Å². The molecule has 3 heterocycles. The van der Waals surface area contributed by atoms with Crippen LogP contribution in [0.3, 0.4) is 0 Å². The van der Waals surface area contributed by atoms with Crippen LogP contribution in [0.15, 0.2) is 36.8 Å². The second-order valence-electron chi connectivity index (χ2n) is 7.84. The largest absolute Gasteiger partial charge is 0.361 e. The lowest BCUT2D eigenvalue weighted by molar-refractivity contribution is 0.0931. The zero-order valence-electron chi connectivity index (χ0n) is 15.9. The minimum Gasteiger partial charge on any atom is -0.361 e. The van der Waals surface area contributed by atoms with Gasteiger partial charge in [-0.15, -0.1) is 0 Å². The highest BCUT2D eigenvalue weighted by Gasteiger charge is 2.25. The third-order valence-corrected chi connectivity index (χ3v) is 6.05. The van der Waals surface area contributed by atoms with Crippen LogP contribution in [0.4, 0.5) is 5.82 Å². The lowest BCUT2D eigenvalue weighted by Gasteiger charge is -2.35. The highest BCUT2D eigenvalue weighted by atomic mass is 16.1. The lowest BCUT2D eigenvalue weighted by Crippen LogP contribution is -2.45. The molecule has 0 radical (unpaired) electrons. The van der Waals surface area contributed by atoms with Crippen LogP contribution in [0.2, 0.25) is 0 Å². The summed E-state index contributed by atoms with van der Waals surface area (Å²) in [6.45, 7) is 1.84. The summed E-state index contributed by atoms with van der Waals surface area (Å²) in [5.74, 6) is 1.13. The normalized spacial score (nSPS) is 17.5. The topological polar surface area (TPSA) is 73.9 Å². The minimum absolute atomic E-state index is 0.0148. The van der Waals surface area contributed by atoms with Crippen LogP contribution in [0.1, 0.15) is 47.3 Å². The third-order valence-electron chi connectivity index (χ3n) is 6.05. The van der Waals surface area contributed by atoms with Gasteiger partial charge < -0.3 is 15.2 Å². The molecule has 1 fully saturated rings. The van der Waals surface area contributed by atoms with Gasteiger partial charge in [-0.05, 0) is 62.8 Å². The number of carbonyl (C=O) groups excluding carboxylic acids is 1. The maximum absolute atomic E-state index is 12.7. The number of carbonyl (C=O) groups is 1. The number of hydrogen-bond acceptors (Lipinski definition) is 4. The second kappa shape index (κ2) is 7.26. The van der Waals surface area contributed by atoms with Gasteiger partial charge in [0.15, 0.2) is 0 Å². The summed E-state index contributed by atoms with van der Waals surface area (Å²) >= 11 is 0. The van der Waals surface area contributed by atoms with Crippen molar-refractivity contribution in [1.82, 2.24) is 20.3 Å². The number of nitrogens with zero attached hydrogens (tertiary/aromatic N) is 3. The Kier molecular flexibility index (Phi) is 4.47. The van der Waals surface area contributed by atoms with Gasteiger partial charge in [0.1, 0.15) is 12.1 Å². The number of aromatic amines is 1. The minimum atomic E-state index is 0.0148. The van der Waals surface area contributed by atoms with Crippen LogP contribution in [0.25, 0.3) is 10.9 Å². The molecule has 2 N–H and O–H groups in total. The molecule has 144 valence electrons. The van der Waals surface area contributed by atoms with Gasteiger partial charge in [-0.1, -0.05) is 0 Å². The van der Waals surface area contributed by atoms with Crippen LogP contribution in [-0.2, 0) is 12.8 Å². The average molecular weight is 375 g/mol. The quantitative estimate of drug-likeness (QED) is 0.737. The summed E-state index contributed by atoms with van der Waals surface area (Å²) in [7, 11) is 0. The summed E-state index contributed by atoms with van der Waals surface area (Å²) < 4.78 is 0. The predicted molar refractivity (Wildman–Crippen MR) is 110 cm³/mol. The van der Waals surface area contributed by atoms with E-state index in [-0.39, 0.29) is 11.9 Å². The summed E-state index contributed by atoms with van der Waals surface area (Å²) in [5, 5.41) is 4.28. The van der Waals surface area contributed by atoms with Crippen molar-refractivity contribution in [3.8, 4) is 0 Å². The maximum atomic E-state index is 12.7. The fourth-order valence-corrected chi connectivity index (χ4v) is 4.48. The first-order chi connectivity index (χ1) is 13.8. The van der Waals surface area contributed by atoms with Crippen molar-refractivity contribution in [2.45, 2.75) is 44.6 Å². The molecule has 1 amide bonds. The van der Waals surface area contributed by atoms with Crippen molar-refractivity contribution in [1.29, 1.82) is 0 Å². The highest BCUT2D eigenvalue weighted by molar-refractivity contribution is 5.98. The smallest absolute Gasteiger partial charge is 0.251 e. The Bertz CT molecular complexity index is 1000. The number of piperidine rings is 1. The van der Waals surface area contributed by atoms with Crippen molar-refractivity contribution in [2.75, 3.05) is 18.0 Å². The molecule has 2 aliphatic rings. The molecule has 1 aromatic carbocycles. The molecular weight excluding hydrogens is 350 g/mol. The molecule has 0 atom stereocenters. The maximum Gasteiger partial charge on any atom is 0.251 e. The molecule has 1 saturated heterocycles. The molecule has 2 aromatic heterocycles. The van der Waals surface area contributed by atoms with Crippen molar-refractivity contribution in [2.24, 2.45) is 0 Å². The van der Waals surface area contributed by atoms with Crippen molar-refractivity contribution >= 4 is 22.6 Å². The first-order valence-corrected chi connectivity index (χ1v) is 10.2. The Labute approximate surface area is 164 Å². The molecule has 6 nitrogen and oxygen atoms in total. The van der Waals surface area contributed by atoms with Gasteiger partial charge in [0.05, 0.1) is 0 Å². The number of benzene rings is 1. The highest BCUT2D eigenvalue weighted by Crippen LogP contribution is 2.29. The summed E-state index contributed by atoms with van der Waals surface area (Å²) in [5.41, 5.74) is 4.35. The zero-order chi connectivity index (χ0) is 18.9. The van der Waals surface area contributed by atoms with Crippen LogP contribution in [-0.4, -0.2) is 40.0 Å². The summed E-state index contributed by atoms with van der Waals surface area (Å²) in [6, 6.07) is 8.00. The number of anilines is 1. The van der Waals surface area contributed by atoms with E-state index in [0.29, 0.717) is 0 Å². The number of H-pyrrole nitrogens is 1. The Balaban J connectivity index is 1.23. The number of hydrogen-bond donors (Lipinski definition) is 2. The number of aromatic nitrogens is 3. The number of amides is 1. The second-order valence-corrected chi connectivity index (χ2v) is 7.84. The van der Waals surface area contributed by atoms with E-state index in [1.165, 1.54) is 24.1 Å².